The molecule has 3 rings (SSSR count). The molecule has 0 saturated heterocycles. The maximum atomic E-state index is 12.8. The number of hydrogen-bond donors (Lipinski definition) is 3. The Morgan fingerprint density at radius 2 is 1.70 bits per heavy atom. The molecule has 1 unspecified atom stereocenters. The summed E-state index contributed by atoms with van der Waals surface area (Å²) in [6, 6.07) is 21.1. The molecule has 6 nitrogen and oxygen atoms in total. The minimum atomic E-state index is -0.603. The van der Waals surface area contributed by atoms with Crippen molar-refractivity contribution in [3.63, 3.8) is 0 Å². The zero-order valence-electron chi connectivity index (χ0n) is 18.0. The van der Waals surface area contributed by atoms with Crippen molar-refractivity contribution in [2.75, 3.05) is 10.6 Å². The van der Waals surface area contributed by atoms with Gasteiger partial charge >= 0.3 is 0 Å². The second-order valence-corrected chi connectivity index (χ2v) is 9.01. The number of carbonyl (C=O) groups excluding carboxylic acids is 3. The smallest absolute Gasteiger partial charge is 0.250 e. The Hall–Kier alpha value is -3.29. The highest BCUT2D eigenvalue weighted by atomic mass is 35.5. The maximum Gasteiger partial charge on any atom is 0.250 e. The summed E-state index contributed by atoms with van der Waals surface area (Å²) in [6.07, 6.45) is 0.802. The van der Waals surface area contributed by atoms with Crippen LogP contribution >= 0.6 is 23.4 Å². The molecule has 0 spiro atoms. The first-order valence-corrected chi connectivity index (χ1v) is 11.6. The molecule has 3 aromatic carbocycles. The number of para-hydroxylation sites is 1. The van der Waals surface area contributed by atoms with Gasteiger partial charge in [-0.3, -0.25) is 14.4 Å². The monoisotopic (exact) mass is 481 g/mol. The molecule has 0 saturated carbocycles. The van der Waals surface area contributed by atoms with Crippen molar-refractivity contribution in [3.05, 3.63) is 88.9 Å². The highest BCUT2D eigenvalue weighted by molar-refractivity contribution is 8.00. The Morgan fingerprint density at radius 3 is 2.39 bits per heavy atom. The van der Waals surface area contributed by atoms with Crippen molar-refractivity contribution in [2.24, 2.45) is 5.73 Å². The average molecular weight is 482 g/mol. The topological polar surface area (TPSA) is 101 Å². The van der Waals surface area contributed by atoms with E-state index in [0.29, 0.717) is 22.8 Å². The summed E-state index contributed by atoms with van der Waals surface area (Å²) in [5.74, 6) is -0.977. The second-order valence-electron chi connectivity index (χ2n) is 7.29. The first-order chi connectivity index (χ1) is 15.9. The van der Waals surface area contributed by atoms with Crippen LogP contribution in [0.15, 0.2) is 77.7 Å². The Balaban J connectivity index is 1.64. The summed E-state index contributed by atoms with van der Waals surface area (Å²) in [6.45, 7) is 1.91. The third kappa shape index (κ3) is 7.10. The van der Waals surface area contributed by atoms with Crippen LogP contribution in [-0.4, -0.2) is 23.0 Å². The van der Waals surface area contributed by atoms with Gasteiger partial charge in [0.1, 0.15) is 0 Å². The number of thioether (sulfide) groups is 1. The van der Waals surface area contributed by atoms with Crippen molar-refractivity contribution >= 4 is 52.5 Å². The van der Waals surface area contributed by atoms with E-state index in [1.54, 1.807) is 42.5 Å². The number of nitrogens with one attached hydrogen (secondary N) is 2. The predicted octanol–water partition coefficient (Wildman–Crippen LogP) is 5.13. The Labute approximate surface area is 201 Å². The van der Waals surface area contributed by atoms with Gasteiger partial charge in [-0.2, -0.15) is 0 Å². The minimum Gasteiger partial charge on any atom is -0.366 e. The standard InChI is InChI=1S/C25H24ClN3O3S/c1-2-22(25(32)29-21-9-4-3-8-20(21)24(27)31)33-19-7-5-6-18(15-19)28-23(30)14-16-10-12-17(26)13-11-16/h3-13,15,22H,2,14H2,1H3,(H2,27,31)(H,28,30)(H,29,32). The van der Waals surface area contributed by atoms with E-state index in [9.17, 15) is 14.4 Å². The number of halogens is 1. The number of benzene rings is 3. The van der Waals surface area contributed by atoms with E-state index < -0.39 is 11.2 Å². The molecular weight excluding hydrogens is 458 g/mol. The Morgan fingerprint density at radius 1 is 0.970 bits per heavy atom. The fraction of sp³-hybridized carbons (Fsp3) is 0.160. The lowest BCUT2D eigenvalue weighted by molar-refractivity contribution is -0.116. The molecule has 0 aromatic heterocycles. The molecule has 0 bridgehead atoms. The van der Waals surface area contributed by atoms with E-state index in [2.05, 4.69) is 10.6 Å². The zero-order valence-corrected chi connectivity index (χ0v) is 19.6. The Bertz CT molecular complexity index is 1150. The van der Waals surface area contributed by atoms with Crippen molar-refractivity contribution in [1.82, 2.24) is 0 Å². The van der Waals surface area contributed by atoms with E-state index in [-0.39, 0.29) is 23.8 Å². The van der Waals surface area contributed by atoms with Crippen molar-refractivity contribution in [2.45, 2.75) is 29.9 Å². The minimum absolute atomic E-state index is 0.146. The molecule has 0 aliphatic rings. The number of rotatable bonds is 9. The van der Waals surface area contributed by atoms with E-state index in [0.717, 1.165) is 10.5 Å². The summed E-state index contributed by atoms with van der Waals surface area (Å²) >= 11 is 7.27. The van der Waals surface area contributed by atoms with Crippen LogP contribution in [0.25, 0.3) is 0 Å². The zero-order chi connectivity index (χ0) is 23.8. The molecule has 0 fully saturated rings. The number of anilines is 2. The number of amides is 3. The van der Waals surface area contributed by atoms with Gasteiger partial charge in [0.05, 0.1) is 22.9 Å². The van der Waals surface area contributed by atoms with Gasteiger partial charge in [-0.25, -0.2) is 0 Å². The SMILES string of the molecule is CCC(Sc1cccc(NC(=O)Cc2ccc(Cl)cc2)c1)C(=O)Nc1ccccc1C(N)=O. The summed E-state index contributed by atoms with van der Waals surface area (Å²) in [4.78, 5) is 37.7. The normalized spacial score (nSPS) is 11.5. The van der Waals surface area contributed by atoms with Gasteiger partial charge in [-0.15, -0.1) is 11.8 Å². The van der Waals surface area contributed by atoms with Gasteiger partial charge in [0, 0.05) is 15.6 Å². The first-order valence-electron chi connectivity index (χ1n) is 10.4. The van der Waals surface area contributed by atoms with Gasteiger partial charge in [0.15, 0.2) is 0 Å². The predicted molar refractivity (Wildman–Crippen MR) is 134 cm³/mol. The highest BCUT2D eigenvalue weighted by Gasteiger charge is 2.20. The lowest BCUT2D eigenvalue weighted by atomic mass is 10.1. The fourth-order valence-corrected chi connectivity index (χ4v) is 4.29. The molecule has 170 valence electrons. The van der Waals surface area contributed by atoms with Crippen LogP contribution in [0.2, 0.25) is 5.02 Å². The molecule has 0 radical (unpaired) electrons. The molecule has 1 atom stereocenters. The van der Waals surface area contributed by atoms with Gasteiger partial charge in [-0.05, 0) is 54.4 Å². The van der Waals surface area contributed by atoms with E-state index in [1.165, 1.54) is 11.8 Å². The van der Waals surface area contributed by atoms with E-state index in [4.69, 9.17) is 17.3 Å². The van der Waals surface area contributed by atoms with Crippen molar-refractivity contribution < 1.29 is 14.4 Å². The lowest BCUT2D eigenvalue weighted by Crippen LogP contribution is -2.26. The van der Waals surface area contributed by atoms with Crippen LogP contribution in [0.4, 0.5) is 11.4 Å². The number of primary amides is 1. The quantitative estimate of drug-likeness (QED) is 0.369. The molecule has 0 aliphatic heterocycles. The van der Waals surface area contributed by atoms with Gasteiger partial charge < -0.3 is 16.4 Å². The first kappa shape index (κ1) is 24.4. The van der Waals surface area contributed by atoms with Crippen LogP contribution in [0.3, 0.4) is 0 Å². The lowest BCUT2D eigenvalue weighted by Gasteiger charge is -2.16. The fourth-order valence-electron chi connectivity index (χ4n) is 3.15. The van der Waals surface area contributed by atoms with Gasteiger partial charge in [0.25, 0.3) is 5.91 Å². The van der Waals surface area contributed by atoms with Crippen LogP contribution in [0.5, 0.6) is 0 Å². The molecule has 4 N–H and O–H groups in total. The van der Waals surface area contributed by atoms with Gasteiger partial charge in [0.2, 0.25) is 11.8 Å². The molecule has 3 amide bonds. The molecule has 8 heteroatoms. The van der Waals surface area contributed by atoms with Crippen molar-refractivity contribution in [3.8, 4) is 0 Å². The summed E-state index contributed by atoms with van der Waals surface area (Å²) in [5, 5.41) is 5.91. The largest absolute Gasteiger partial charge is 0.366 e. The van der Waals surface area contributed by atoms with E-state index >= 15 is 0 Å². The van der Waals surface area contributed by atoms with Crippen LogP contribution in [0.1, 0.15) is 29.3 Å². The molecule has 0 aliphatic carbocycles. The molecule has 3 aromatic rings. The number of carbonyl (C=O) groups is 3. The third-order valence-electron chi connectivity index (χ3n) is 4.79. The van der Waals surface area contributed by atoms with Crippen LogP contribution in [0, 0.1) is 0 Å². The average Bonchev–Trinajstić information content (AvgIpc) is 2.79. The summed E-state index contributed by atoms with van der Waals surface area (Å²) in [7, 11) is 0. The van der Waals surface area contributed by atoms with Crippen LogP contribution < -0.4 is 16.4 Å². The molecule has 0 heterocycles. The van der Waals surface area contributed by atoms with Crippen LogP contribution in [-0.2, 0) is 16.0 Å². The number of hydrogen-bond acceptors (Lipinski definition) is 4. The van der Waals surface area contributed by atoms with Crippen molar-refractivity contribution in [1.29, 1.82) is 0 Å². The molecular formula is C25H24ClN3O3S. The van der Waals surface area contributed by atoms with E-state index in [1.807, 2.05) is 37.3 Å². The Kier molecular flexibility index (Phi) is 8.52. The van der Waals surface area contributed by atoms with Gasteiger partial charge in [-0.1, -0.05) is 48.9 Å². The third-order valence-corrected chi connectivity index (χ3v) is 6.40. The second kappa shape index (κ2) is 11.5. The number of nitrogens with two attached hydrogens (primary N) is 1. The summed E-state index contributed by atoms with van der Waals surface area (Å²) in [5.41, 5.74) is 7.55. The summed E-state index contributed by atoms with van der Waals surface area (Å²) < 4.78 is 0. The highest BCUT2D eigenvalue weighted by Crippen LogP contribution is 2.29. The molecule has 33 heavy (non-hydrogen) atoms. The maximum absolute atomic E-state index is 12.8.